The number of nitrogens with one attached hydrogen (secondary N) is 3. The van der Waals surface area contributed by atoms with Crippen molar-refractivity contribution in [3.05, 3.63) is 52.6 Å². The average Bonchev–Trinajstić information content (AvgIpc) is 3.27. The van der Waals surface area contributed by atoms with Gasteiger partial charge in [0, 0.05) is 38.2 Å². The van der Waals surface area contributed by atoms with Crippen molar-refractivity contribution >= 4 is 38.3 Å². The molecule has 3 N–H and O–H groups in total. The number of aromatic nitrogens is 3. The predicted molar refractivity (Wildman–Crippen MR) is 114 cm³/mol. The van der Waals surface area contributed by atoms with Crippen molar-refractivity contribution < 1.29 is 22.9 Å². The van der Waals surface area contributed by atoms with E-state index in [9.17, 15) is 23.3 Å². The average molecular weight is 460 g/mol. The minimum absolute atomic E-state index is 0.0171. The summed E-state index contributed by atoms with van der Waals surface area (Å²) in [5.41, 5.74) is -0.120. The summed E-state index contributed by atoms with van der Waals surface area (Å²) in [5, 5.41) is 14.9. The molecule has 12 nitrogen and oxygen atoms in total. The van der Waals surface area contributed by atoms with Crippen LogP contribution in [0.3, 0.4) is 0 Å². The van der Waals surface area contributed by atoms with E-state index in [1.54, 1.807) is 0 Å². The van der Waals surface area contributed by atoms with E-state index in [0.717, 1.165) is 18.9 Å². The lowest BCUT2D eigenvalue weighted by atomic mass is 10.0. The predicted octanol–water partition coefficient (Wildman–Crippen LogP) is 1.82. The van der Waals surface area contributed by atoms with Crippen molar-refractivity contribution in [3.63, 3.8) is 0 Å². The number of nitro benzene ring substituents is 1. The molecular weight excluding hydrogens is 440 g/mol. The highest BCUT2D eigenvalue weighted by Gasteiger charge is 2.30. The number of nitro groups is 1. The van der Waals surface area contributed by atoms with Crippen LogP contribution >= 0.6 is 0 Å². The molecule has 13 heteroatoms. The van der Waals surface area contributed by atoms with Gasteiger partial charge in [-0.05, 0) is 30.9 Å². The third-order valence-electron chi connectivity index (χ3n) is 5.19. The Morgan fingerprint density at radius 3 is 2.81 bits per heavy atom. The van der Waals surface area contributed by atoms with E-state index in [1.807, 2.05) is 4.72 Å². The van der Waals surface area contributed by atoms with Crippen molar-refractivity contribution in [2.24, 2.45) is 5.92 Å². The second-order valence-corrected chi connectivity index (χ2v) is 8.92. The van der Waals surface area contributed by atoms with Crippen molar-refractivity contribution in [2.45, 2.75) is 17.7 Å². The number of pyridine rings is 1. The van der Waals surface area contributed by atoms with Crippen molar-refractivity contribution in [1.82, 2.24) is 19.7 Å². The Balaban J connectivity index is 1.70. The second-order valence-electron chi connectivity index (χ2n) is 7.27. The van der Waals surface area contributed by atoms with E-state index < -0.39 is 31.4 Å². The topological polar surface area (TPSA) is 169 Å². The Morgan fingerprint density at radius 1 is 1.34 bits per heavy atom. The number of ether oxygens (including phenoxy) is 1. The zero-order valence-corrected chi connectivity index (χ0v) is 17.6. The van der Waals surface area contributed by atoms with Crippen LogP contribution in [0.25, 0.3) is 11.0 Å². The van der Waals surface area contributed by atoms with Gasteiger partial charge >= 0.3 is 0 Å². The first kappa shape index (κ1) is 21.6. The molecule has 0 radical (unpaired) electrons. The van der Waals surface area contributed by atoms with Crippen LogP contribution in [0.2, 0.25) is 0 Å². The molecule has 0 unspecified atom stereocenters. The Kier molecular flexibility index (Phi) is 6.01. The van der Waals surface area contributed by atoms with Crippen LogP contribution in [-0.4, -0.2) is 54.0 Å². The molecule has 0 spiro atoms. The maximum Gasteiger partial charge on any atom is 0.296 e. The summed E-state index contributed by atoms with van der Waals surface area (Å²) in [6.07, 6.45) is 5.53. The normalized spacial score (nSPS) is 14.9. The van der Waals surface area contributed by atoms with Gasteiger partial charge in [0.2, 0.25) is 0 Å². The van der Waals surface area contributed by atoms with Crippen LogP contribution < -0.4 is 10.0 Å². The van der Waals surface area contributed by atoms with Crippen LogP contribution in [0.4, 0.5) is 11.4 Å². The monoisotopic (exact) mass is 460 g/mol. The number of benzene rings is 1. The van der Waals surface area contributed by atoms with E-state index in [-0.39, 0.29) is 28.2 Å². The second kappa shape index (κ2) is 8.88. The fourth-order valence-electron chi connectivity index (χ4n) is 3.52. The largest absolute Gasteiger partial charge is 0.381 e. The molecule has 2 aromatic heterocycles. The lowest BCUT2D eigenvalue weighted by molar-refractivity contribution is -0.384. The third kappa shape index (κ3) is 4.38. The van der Waals surface area contributed by atoms with Crippen molar-refractivity contribution in [2.75, 3.05) is 25.1 Å². The molecule has 0 aliphatic carbocycles. The van der Waals surface area contributed by atoms with E-state index in [2.05, 4.69) is 20.3 Å². The molecule has 32 heavy (non-hydrogen) atoms. The number of amides is 1. The highest BCUT2D eigenvalue weighted by molar-refractivity contribution is 7.90. The molecule has 0 saturated carbocycles. The first-order valence-corrected chi connectivity index (χ1v) is 11.3. The zero-order valence-electron chi connectivity index (χ0n) is 16.8. The highest BCUT2D eigenvalue weighted by atomic mass is 32.2. The van der Waals surface area contributed by atoms with Gasteiger partial charge in [0.1, 0.15) is 16.1 Å². The Hall–Kier alpha value is -3.58. The number of aromatic amines is 1. The minimum Gasteiger partial charge on any atom is -0.381 e. The van der Waals surface area contributed by atoms with Gasteiger partial charge in [-0.3, -0.25) is 19.9 Å². The number of nitrogens with zero attached hydrogens (tertiary/aromatic N) is 3. The number of rotatable bonds is 7. The number of hydrogen-bond acceptors (Lipinski definition) is 9. The summed E-state index contributed by atoms with van der Waals surface area (Å²) in [7, 11) is -4.47. The van der Waals surface area contributed by atoms with Gasteiger partial charge in [0.05, 0.1) is 22.3 Å². The number of hydrogen-bond donors (Lipinski definition) is 3. The van der Waals surface area contributed by atoms with Crippen LogP contribution in [0.15, 0.2) is 41.8 Å². The SMILES string of the molecule is O=C(NS(=O)(=O)c1cc([N+](=O)[O-])c(NCC2CCOCC2)c2[nH]cnc12)c1cccnc1. The smallest absolute Gasteiger partial charge is 0.296 e. The van der Waals surface area contributed by atoms with E-state index in [0.29, 0.717) is 19.8 Å². The van der Waals surface area contributed by atoms with Gasteiger partial charge in [-0.2, -0.15) is 0 Å². The number of imidazole rings is 1. The van der Waals surface area contributed by atoms with Crippen LogP contribution in [0, 0.1) is 16.0 Å². The van der Waals surface area contributed by atoms with E-state index in [1.165, 1.54) is 30.9 Å². The highest BCUT2D eigenvalue weighted by Crippen LogP contribution is 2.36. The Morgan fingerprint density at radius 2 is 2.12 bits per heavy atom. The lowest BCUT2D eigenvalue weighted by Crippen LogP contribution is -2.31. The molecular formula is C19H20N6O6S. The Labute approximate surface area is 182 Å². The van der Waals surface area contributed by atoms with Crippen molar-refractivity contribution in [3.8, 4) is 0 Å². The summed E-state index contributed by atoms with van der Waals surface area (Å²) in [5.74, 6) is -0.644. The molecule has 1 saturated heterocycles. The fourth-order valence-corrected chi connectivity index (χ4v) is 4.67. The molecule has 1 aliphatic heterocycles. The lowest BCUT2D eigenvalue weighted by Gasteiger charge is -2.22. The maximum absolute atomic E-state index is 13.0. The minimum atomic E-state index is -4.47. The molecule has 1 aliphatic rings. The molecule has 1 amide bonds. The maximum atomic E-state index is 13.0. The molecule has 3 heterocycles. The number of fused-ring (bicyclic) bond motifs is 1. The van der Waals surface area contributed by atoms with Gasteiger partial charge in [0.15, 0.2) is 0 Å². The number of anilines is 1. The molecule has 0 atom stereocenters. The first-order chi connectivity index (χ1) is 15.4. The zero-order chi connectivity index (χ0) is 22.7. The molecule has 168 valence electrons. The van der Waals surface area contributed by atoms with Crippen LogP contribution in [0.1, 0.15) is 23.2 Å². The quantitative estimate of drug-likeness (QED) is 0.351. The summed E-state index contributed by atoms with van der Waals surface area (Å²) < 4.78 is 33.2. The number of carbonyl (C=O) groups is 1. The van der Waals surface area contributed by atoms with Crippen molar-refractivity contribution in [1.29, 1.82) is 0 Å². The number of H-pyrrole nitrogens is 1. The summed E-state index contributed by atoms with van der Waals surface area (Å²) >= 11 is 0. The molecule has 3 aromatic rings. The fraction of sp³-hybridized carbons (Fsp3) is 0.316. The third-order valence-corrected chi connectivity index (χ3v) is 6.54. The summed E-state index contributed by atoms with van der Waals surface area (Å²) in [4.78, 5) is 33.6. The van der Waals surface area contributed by atoms with Gasteiger partial charge in [-0.1, -0.05) is 0 Å². The first-order valence-electron chi connectivity index (χ1n) is 9.80. The number of carbonyl (C=O) groups excluding carboxylic acids is 1. The summed E-state index contributed by atoms with van der Waals surface area (Å²) in [6, 6.07) is 3.79. The van der Waals surface area contributed by atoms with E-state index >= 15 is 0 Å². The van der Waals surface area contributed by atoms with Gasteiger partial charge in [-0.15, -0.1) is 0 Å². The van der Waals surface area contributed by atoms with E-state index in [4.69, 9.17) is 4.74 Å². The molecule has 0 bridgehead atoms. The van der Waals surface area contributed by atoms with Crippen LogP contribution in [0.5, 0.6) is 0 Å². The van der Waals surface area contributed by atoms with Gasteiger partial charge in [0.25, 0.3) is 21.6 Å². The standard InChI is InChI=1S/C19H20N6O6S/c26-19(13-2-1-5-20-10-13)24-32(29,30)15-8-14(25(27)28)16(18-17(15)22-11-23-18)21-9-12-3-6-31-7-4-12/h1-2,5,8,10-12,21H,3-4,6-7,9H2,(H,22,23)(H,24,26). The summed E-state index contributed by atoms with van der Waals surface area (Å²) in [6.45, 7) is 1.71. The molecule has 4 rings (SSSR count). The van der Waals surface area contributed by atoms with Gasteiger partial charge in [-0.25, -0.2) is 18.1 Å². The molecule has 1 aromatic carbocycles. The Bertz CT molecular complexity index is 1250. The van der Waals surface area contributed by atoms with Gasteiger partial charge < -0.3 is 15.0 Å². The molecule has 1 fully saturated rings. The van der Waals surface area contributed by atoms with Crippen LogP contribution in [-0.2, 0) is 14.8 Å². The number of sulfonamides is 1.